The quantitative estimate of drug-likeness (QED) is 0.477. The Labute approximate surface area is 149 Å². The fourth-order valence-corrected chi connectivity index (χ4v) is 2.13. The molecule has 0 saturated carbocycles. The second-order valence-electron chi connectivity index (χ2n) is 6.49. The molecule has 10 heteroatoms. The molecule has 0 radical (unpaired) electrons. The number of nitro benzene ring substituents is 1. The first-order chi connectivity index (χ1) is 11.9. The number of nitrogens with two attached hydrogens (primary N) is 1. The zero-order valence-corrected chi connectivity index (χ0v) is 14.8. The Hall–Kier alpha value is -2.36. The van der Waals surface area contributed by atoms with Gasteiger partial charge in [0.15, 0.2) is 0 Å². The Morgan fingerprint density at radius 2 is 1.96 bits per heavy atom. The first-order valence-electron chi connectivity index (χ1n) is 8.01. The van der Waals surface area contributed by atoms with Crippen LogP contribution >= 0.6 is 0 Å². The van der Waals surface area contributed by atoms with Crippen LogP contribution in [-0.4, -0.2) is 29.5 Å². The number of halogens is 3. The predicted molar refractivity (Wildman–Crippen MR) is 91.6 cm³/mol. The summed E-state index contributed by atoms with van der Waals surface area (Å²) in [6, 6.07) is 2.20. The highest BCUT2D eigenvalue weighted by molar-refractivity contribution is 5.77. The minimum Gasteiger partial charge on any atom is -0.379 e. The number of benzene rings is 1. The second-order valence-corrected chi connectivity index (χ2v) is 6.49. The molecule has 0 aliphatic carbocycles. The predicted octanol–water partition coefficient (Wildman–Crippen LogP) is 2.91. The highest BCUT2D eigenvalue weighted by Crippen LogP contribution is 2.34. The maximum atomic E-state index is 12.7. The third kappa shape index (κ3) is 5.58. The van der Waals surface area contributed by atoms with E-state index in [1.165, 1.54) is 0 Å². The normalized spacial score (nSPS) is 14.0. The Kier molecular flexibility index (Phi) is 6.96. The van der Waals surface area contributed by atoms with Crippen molar-refractivity contribution in [1.82, 2.24) is 5.32 Å². The molecule has 1 unspecified atom stereocenters. The number of nitrogens with one attached hydrogen (secondary N) is 2. The number of hydrogen-bond acceptors (Lipinski definition) is 5. The van der Waals surface area contributed by atoms with Gasteiger partial charge in [0.2, 0.25) is 5.91 Å². The van der Waals surface area contributed by atoms with Crippen LogP contribution in [0.25, 0.3) is 0 Å². The maximum Gasteiger partial charge on any atom is 0.416 e. The van der Waals surface area contributed by atoms with Gasteiger partial charge in [-0.1, -0.05) is 13.8 Å². The monoisotopic (exact) mass is 376 g/mol. The van der Waals surface area contributed by atoms with Gasteiger partial charge in [-0.15, -0.1) is 0 Å². The van der Waals surface area contributed by atoms with Gasteiger partial charge in [0.1, 0.15) is 5.69 Å². The van der Waals surface area contributed by atoms with Crippen LogP contribution in [0.1, 0.15) is 32.8 Å². The first-order valence-corrected chi connectivity index (χ1v) is 8.01. The summed E-state index contributed by atoms with van der Waals surface area (Å²) in [6.07, 6.45) is -4.69. The average Bonchev–Trinajstić information content (AvgIpc) is 2.53. The van der Waals surface area contributed by atoms with Gasteiger partial charge < -0.3 is 16.4 Å². The molecule has 0 bridgehead atoms. The summed E-state index contributed by atoms with van der Waals surface area (Å²) in [4.78, 5) is 22.1. The number of carbonyl (C=O) groups is 1. The molecule has 1 rings (SSSR count). The highest BCUT2D eigenvalue weighted by Gasteiger charge is 2.33. The lowest BCUT2D eigenvalue weighted by Crippen LogP contribution is -2.55. The van der Waals surface area contributed by atoms with Gasteiger partial charge in [-0.05, 0) is 25.0 Å². The smallest absolute Gasteiger partial charge is 0.379 e. The van der Waals surface area contributed by atoms with Crippen LogP contribution in [-0.2, 0) is 11.0 Å². The van der Waals surface area contributed by atoms with Crippen molar-refractivity contribution in [2.45, 2.75) is 38.9 Å². The molecule has 0 aromatic heterocycles. The van der Waals surface area contributed by atoms with Crippen molar-refractivity contribution >= 4 is 17.3 Å². The summed E-state index contributed by atoms with van der Waals surface area (Å²) in [6.45, 7) is 5.91. The topological polar surface area (TPSA) is 110 Å². The second kappa shape index (κ2) is 8.35. The van der Waals surface area contributed by atoms with Gasteiger partial charge >= 0.3 is 6.18 Å². The fourth-order valence-electron chi connectivity index (χ4n) is 2.13. The van der Waals surface area contributed by atoms with E-state index in [1.54, 1.807) is 0 Å². The van der Waals surface area contributed by atoms with Crippen molar-refractivity contribution < 1.29 is 22.9 Å². The summed E-state index contributed by atoms with van der Waals surface area (Å²) in [7, 11) is 0. The molecule has 1 aromatic rings. The van der Waals surface area contributed by atoms with Crippen LogP contribution in [0.5, 0.6) is 0 Å². The average molecular weight is 376 g/mol. The molecule has 0 spiro atoms. The van der Waals surface area contributed by atoms with Gasteiger partial charge in [-0.2, -0.15) is 13.2 Å². The third-order valence-corrected chi connectivity index (χ3v) is 4.31. The Morgan fingerprint density at radius 3 is 2.42 bits per heavy atom. The minimum atomic E-state index is -4.67. The van der Waals surface area contributed by atoms with E-state index in [4.69, 9.17) is 5.73 Å². The van der Waals surface area contributed by atoms with Gasteiger partial charge in [-0.25, -0.2) is 0 Å². The van der Waals surface area contributed by atoms with Crippen molar-refractivity contribution in [2.75, 3.05) is 18.4 Å². The highest BCUT2D eigenvalue weighted by atomic mass is 19.4. The van der Waals surface area contributed by atoms with E-state index in [0.29, 0.717) is 6.07 Å². The Balaban J connectivity index is 2.76. The fraction of sp³-hybridized carbons (Fsp3) is 0.562. The molecule has 1 amide bonds. The van der Waals surface area contributed by atoms with Crippen molar-refractivity contribution in [2.24, 2.45) is 11.7 Å². The third-order valence-electron chi connectivity index (χ3n) is 4.31. The maximum absolute atomic E-state index is 12.7. The number of anilines is 1. The number of nitrogens with zero attached hydrogens (tertiary/aromatic N) is 1. The zero-order valence-electron chi connectivity index (χ0n) is 14.8. The standard InChI is InChI=1S/C16H23F3N4O3/c1-10(2)15(3,9-20)22-14(24)6-7-21-12-5-4-11(16(17,18)19)8-13(12)23(25)26/h4-5,8,10,21H,6-7,9,20H2,1-3H3,(H,22,24). The van der Waals surface area contributed by atoms with Crippen molar-refractivity contribution in [3.8, 4) is 0 Å². The summed E-state index contributed by atoms with van der Waals surface area (Å²) in [5.74, 6) is -0.214. The zero-order chi connectivity index (χ0) is 20.1. The molecule has 0 aliphatic heterocycles. The van der Waals surface area contributed by atoms with Gasteiger partial charge in [0, 0.05) is 25.6 Å². The van der Waals surface area contributed by atoms with Crippen molar-refractivity contribution in [3.05, 3.63) is 33.9 Å². The first kappa shape index (κ1) is 21.7. The largest absolute Gasteiger partial charge is 0.416 e. The van der Waals surface area contributed by atoms with E-state index >= 15 is 0 Å². The van der Waals surface area contributed by atoms with Crippen LogP contribution in [0.15, 0.2) is 18.2 Å². The Morgan fingerprint density at radius 1 is 1.35 bits per heavy atom. The molecule has 4 N–H and O–H groups in total. The number of nitro groups is 1. The van der Waals surface area contributed by atoms with Crippen LogP contribution in [0.4, 0.5) is 24.5 Å². The van der Waals surface area contributed by atoms with Crippen LogP contribution in [0.2, 0.25) is 0 Å². The van der Waals surface area contributed by atoms with Gasteiger partial charge in [-0.3, -0.25) is 14.9 Å². The lowest BCUT2D eigenvalue weighted by Gasteiger charge is -2.33. The summed E-state index contributed by atoms with van der Waals surface area (Å²) < 4.78 is 38.0. The van der Waals surface area contributed by atoms with Crippen molar-refractivity contribution in [3.63, 3.8) is 0 Å². The molecule has 146 valence electrons. The van der Waals surface area contributed by atoms with E-state index in [9.17, 15) is 28.1 Å². The molecular formula is C16H23F3N4O3. The summed E-state index contributed by atoms with van der Waals surface area (Å²) >= 11 is 0. The molecule has 7 nitrogen and oxygen atoms in total. The number of amides is 1. The number of rotatable bonds is 8. The summed E-state index contributed by atoms with van der Waals surface area (Å²) in [5.41, 5.74) is 3.21. The molecule has 0 heterocycles. The molecule has 1 aromatic carbocycles. The molecule has 0 saturated heterocycles. The molecule has 1 atom stereocenters. The SMILES string of the molecule is CC(C)C(C)(CN)NC(=O)CCNc1ccc(C(F)(F)F)cc1[N+](=O)[O-]. The van der Waals surface area contributed by atoms with Gasteiger partial charge in [0.25, 0.3) is 5.69 Å². The minimum absolute atomic E-state index is 0.0134. The van der Waals surface area contributed by atoms with Crippen molar-refractivity contribution in [1.29, 1.82) is 0 Å². The molecular weight excluding hydrogens is 353 g/mol. The van der Waals surface area contributed by atoms with Crippen LogP contribution < -0.4 is 16.4 Å². The lowest BCUT2D eigenvalue weighted by atomic mass is 9.88. The number of hydrogen-bond donors (Lipinski definition) is 3. The van der Waals surface area contributed by atoms with E-state index in [2.05, 4.69) is 10.6 Å². The van der Waals surface area contributed by atoms with E-state index in [-0.39, 0.29) is 37.0 Å². The molecule has 0 fully saturated rings. The Bertz CT molecular complexity index is 665. The molecule has 26 heavy (non-hydrogen) atoms. The molecule has 0 aliphatic rings. The lowest BCUT2D eigenvalue weighted by molar-refractivity contribution is -0.384. The van der Waals surface area contributed by atoms with E-state index < -0.39 is 27.9 Å². The van der Waals surface area contributed by atoms with Crippen LogP contribution in [0.3, 0.4) is 0 Å². The van der Waals surface area contributed by atoms with E-state index in [0.717, 1.165) is 12.1 Å². The summed E-state index contributed by atoms with van der Waals surface area (Å²) in [5, 5.41) is 16.4. The van der Waals surface area contributed by atoms with Crippen LogP contribution in [0, 0.1) is 16.0 Å². The van der Waals surface area contributed by atoms with Gasteiger partial charge in [0.05, 0.1) is 16.0 Å². The number of carbonyl (C=O) groups excluding carboxylic acids is 1. The number of alkyl halides is 3. The van der Waals surface area contributed by atoms with E-state index in [1.807, 2.05) is 20.8 Å².